The number of allylic oxidation sites excluding steroid dienone is 1. The van der Waals surface area contributed by atoms with Gasteiger partial charge in [0.15, 0.2) is 0 Å². The van der Waals surface area contributed by atoms with Crippen LogP contribution in [-0.2, 0) is 0 Å². The summed E-state index contributed by atoms with van der Waals surface area (Å²) in [5, 5.41) is 10.1. The first-order valence-corrected chi connectivity index (χ1v) is 6.46. The topological polar surface area (TPSA) is 20.2 Å². The summed E-state index contributed by atoms with van der Waals surface area (Å²) in [5.41, 5.74) is 2.03. The fraction of sp³-hybridized carbons (Fsp3) is 0.857. The standard InChI is InChI=1S/C14H22O/c1-14(2)8-13(15)11-6-9-4-3-5-10(9)7-12(11)14/h6,10-13,15H,3-5,7-8H2,1-2H3/t10-,11-,12+,13-/m1/s1. The number of hydrogen-bond acceptors (Lipinski definition) is 1. The van der Waals surface area contributed by atoms with Crippen molar-refractivity contribution in [3.63, 3.8) is 0 Å². The van der Waals surface area contributed by atoms with Crippen LogP contribution in [0.1, 0.15) is 46.0 Å². The monoisotopic (exact) mass is 206 g/mol. The maximum atomic E-state index is 10.1. The first kappa shape index (κ1) is 9.89. The van der Waals surface area contributed by atoms with Gasteiger partial charge >= 0.3 is 0 Å². The van der Waals surface area contributed by atoms with E-state index in [4.69, 9.17) is 0 Å². The van der Waals surface area contributed by atoms with Gasteiger partial charge in [0.2, 0.25) is 0 Å². The van der Waals surface area contributed by atoms with Crippen LogP contribution in [0.25, 0.3) is 0 Å². The van der Waals surface area contributed by atoms with Crippen LogP contribution < -0.4 is 0 Å². The number of fused-ring (bicyclic) bond motifs is 2. The van der Waals surface area contributed by atoms with Crippen molar-refractivity contribution in [1.82, 2.24) is 0 Å². The summed E-state index contributed by atoms with van der Waals surface area (Å²) in [6, 6.07) is 0. The highest BCUT2D eigenvalue weighted by molar-refractivity contribution is 5.21. The fourth-order valence-electron chi connectivity index (χ4n) is 4.30. The molecule has 0 heterocycles. The largest absolute Gasteiger partial charge is 0.392 e. The molecular weight excluding hydrogens is 184 g/mol. The SMILES string of the molecule is CC1(C)C[C@@H](O)[C@@H]2C=C3CCC[C@@H]3C[C@@H]21. The molecule has 0 aromatic carbocycles. The summed E-state index contributed by atoms with van der Waals surface area (Å²) in [6.45, 7) is 4.68. The Balaban J connectivity index is 1.94. The zero-order valence-electron chi connectivity index (χ0n) is 9.87. The quantitative estimate of drug-likeness (QED) is 0.604. The molecule has 1 nitrogen and oxygen atoms in total. The minimum absolute atomic E-state index is 0.0703. The van der Waals surface area contributed by atoms with Crippen LogP contribution in [0.3, 0.4) is 0 Å². The molecule has 3 rings (SSSR count). The predicted molar refractivity (Wildman–Crippen MR) is 61.4 cm³/mol. The summed E-state index contributed by atoms with van der Waals surface area (Å²) in [7, 11) is 0. The average molecular weight is 206 g/mol. The minimum atomic E-state index is -0.0703. The number of hydrogen-bond donors (Lipinski definition) is 1. The summed E-state index contributed by atoms with van der Waals surface area (Å²) in [4.78, 5) is 0. The molecule has 0 aromatic heterocycles. The van der Waals surface area contributed by atoms with E-state index in [2.05, 4.69) is 19.9 Å². The first-order valence-electron chi connectivity index (χ1n) is 6.46. The molecule has 0 amide bonds. The Bertz CT molecular complexity index is 302. The van der Waals surface area contributed by atoms with Crippen molar-refractivity contribution >= 4 is 0 Å². The van der Waals surface area contributed by atoms with Crippen molar-refractivity contribution in [3.8, 4) is 0 Å². The van der Waals surface area contributed by atoms with E-state index >= 15 is 0 Å². The molecule has 1 N–H and O–H groups in total. The third kappa shape index (κ3) is 1.39. The average Bonchev–Trinajstić information content (AvgIpc) is 2.68. The molecule has 84 valence electrons. The maximum Gasteiger partial charge on any atom is 0.0610 e. The van der Waals surface area contributed by atoms with Gasteiger partial charge < -0.3 is 5.11 Å². The summed E-state index contributed by atoms with van der Waals surface area (Å²) >= 11 is 0. The highest BCUT2D eigenvalue weighted by Crippen LogP contribution is 2.55. The molecule has 0 spiro atoms. The van der Waals surface area contributed by atoms with Crippen LogP contribution in [0.2, 0.25) is 0 Å². The van der Waals surface area contributed by atoms with Crippen LogP contribution in [0.5, 0.6) is 0 Å². The predicted octanol–water partition coefficient (Wildman–Crippen LogP) is 3.14. The molecule has 0 bridgehead atoms. The molecule has 2 fully saturated rings. The number of aliphatic hydroxyl groups is 1. The fourth-order valence-corrected chi connectivity index (χ4v) is 4.30. The van der Waals surface area contributed by atoms with Gasteiger partial charge in [-0.2, -0.15) is 0 Å². The molecular formula is C14H22O. The minimum Gasteiger partial charge on any atom is -0.392 e. The van der Waals surface area contributed by atoms with Crippen LogP contribution in [-0.4, -0.2) is 11.2 Å². The Morgan fingerprint density at radius 3 is 3.00 bits per heavy atom. The van der Waals surface area contributed by atoms with E-state index in [0.29, 0.717) is 11.3 Å². The lowest BCUT2D eigenvalue weighted by atomic mass is 9.69. The lowest BCUT2D eigenvalue weighted by Gasteiger charge is -2.35. The summed E-state index contributed by atoms with van der Waals surface area (Å²) in [6.07, 6.45) is 8.82. The van der Waals surface area contributed by atoms with Gasteiger partial charge in [0, 0.05) is 5.92 Å². The second kappa shape index (κ2) is 3.10. The van der Waals surface area contributed by atoms with E-state index in [1.807, 2.05) is 0 Å². The van der Waals surface area contributed by atoms with Gasteiger partial charge in [0.1, 0.15) is 0 Å². The molecule has 3 aliphatic rings. The summed E-state index contributed by atoms with van der Waals surface area (Å²) < 4.78 is 0. The van der Waals surface area contributed by atoms with Crippen LogP contribution in [0.4, 0.5) is 0 Å². The van der Waals surface area contributed by atoms with Gasteiger partial charge in [-0.15, -0.1) is 0 Å². The van der Waals surface area contributed by atoms with Crippen molar-refractivity contribution in [2.24, 2.45) is 23.2 Å². The first-order chi connectivity index (χ1) is 7.08. The van der Waals surface area contributed by atoms with Crippen LogP contribution >= 0.6 is 0 Å². The van der Waals surface area contributed by atoms with Gasteiger partial charge in [0.25, 0.3) is 0 Å². The van der Waals surface area contributed by atoms with Crippen molar-refractivity contribution in [1.29, 1.82) is 0 Å². The molecule has 0 saturated heterocycles. The Kier molecular flexibility index (Phi) is 2.04. The molecule has 0 radical (unpaired) electrons. The Hall–Kier alpha value is -0.300. The highest BCUT2D eigenvalue weighted by Gasteiger charge is 2.49. The molecule has 1 heteroatoms. The summed E-state index contributed by atoms with van der Waals surface area (Å²) in [5.74, 6) is 2.08. The lowest BCUT2D eigenvalue weighted by Crippen LogP contribution is -2.28. The van der Waals surface area contributed by atoms with Crippen LogP contribution in [0.15, 0.2) is 11.6 Å². The van der Waals surface area contributed by atoms with Crippen molar-refractivity contribution < 1.29 is 5.11 Å². The van der Waals surface area contributed by atoms with E-state index in [1.54, 1.807) is 5.57 Å². The normalized spacial score (nSPS) is 47.3. The van der Waals surface area contributed by atoms with Crippen molar-refractivity contribution in [2.75, 3.05) is 0 Å². The van der Waals surface area contributed by atoms with Gasteiger partial charge in [-0.3, -0.25) is 0 Å². The van der Waals surface area contributed by atoms with Gasteiger partial charge in [0.05, 0.1) is 6.10 Å². The van der Waals surface area contributed by atoms with Crippen LogP contribution in [0, 0.1) is 23.2 Å². The zero-order valence-corrected chi connectivity index (χ0v) is 9.87. The highest BCUT2D eigenvalue weighted by atomic mass is 16.3. The van der Waals surface area contributed by atoms with E-state index < -0.39 is 0 Å². The third-order valence-corrected chi connectivity index (χ3v) is 5.14. The lowest BCUT2D eigenvalue weighted by molar-refractivity contribution is 0.133. The second-order valence-electron chi connectivity index (χ2n) is 6.51. The smallest absolute Gasteiger partial charge is 0.0610 e. The maximum absolute atomic E-state index is 10.1. The zero-order chi connectivity index (χ0) is 10.6. The number of aliphatic hydroxyl groups excluding tert-OH is 1. The van der Waals surface area contributed by atoms with Crippen molar-refractivity contribution in [2.45, 2.75) is 52.1 Å². The molecule has 3 aliphatic carbocycles. The molecule has 2 saturated carbocycles. The molecule has 0 unspecified atom stereocenters. The molecule has 0 aromatic rings. The Morgan fingerprint density at radius 1 is 1.40 bits per heavy atom. The molecule has 0 aliphatic heterocycles. The Labute approximate surface area is 92.6 Å². The van der Waals surface area contributed by atoms with E-state index in [-0.39, 0.29) is 6.10 Å². The third-order valence-electron chi connectivity index (χ3n) is 5.14. The van der Waals surface area contributed by atoms with Gasteiger partial charge in [-0.25, -0.2) is 0 Å². The Morgan fingerprint density at radius 2 is 2.20 bits per heavy atom. The van der Waals surface area contributed by atoms with Crippen molar-refractivity contribution in [3.05, 3.63) is 11.6 Å². The molecule has 15 heavy (non-hydrogen) atoms. The van der Waals surface area contributed by atoms with E-state index in [0.717, 1.165) is 18.3 Å². The van der Waals surface area contributed by atoms with E-state index in [9.17, 15) is 5.11 Å². The van der Waals surface area contributed by atoms with Gasteiger partial charge in [-0.05, 0) is 49.4 Å². The molecule has 4 atom stereocenters. The second-order valence-corrected chi connectivity index (χ2v) is 6.51. The van der Waals surface area contributed by atoms with E-state index in [1.165, 1.54) is 25.7 Å². The number of rotatable bonds is 0. The van der Waals surface area contributed by atoms with Gasteiger partial charge in [-0.1, -0.05) is 25.5 Å².